The number of carbonyl (C=O) groups excluding carboxylic acids is 3. The Morgan fingerprint density at radius 1 is 1.00 bits per heavy atom. The summed E-state index contributed by atoms with van der Waals surface area (Å²) in [6, 6.07) is 10.9. The van der Waals surface area contributed by atoms with Crippen molar-refractivity contribution in [3.05, 3.63) is 58.3 Å². The molecule has 0 unspecified atom stereocenters. The molecule has 120 valence electrons. The van der Waals surface area contributed by atoms with Crippen LogP contribution in [0.5, 0.6) is 0 Å². The Morgan fingerprint density at radius 3 is 2.48 bits per heavy atom. The molecule has 0 aliphatic carbocycles. The Kier molecular flexibility index (Phi) is 6.31. The Labute approximate surface area is 137 Å². The molecule has 2 N–H and O–H groups in total. The molecule has 2 aromatic rings. The number of esters is 1. The van der Waals surface area contributed by atoms with Gasteiger partial charge in [-0.2, -0.15) is 11.3 Å². The maximum atomic E-state index is 11.6. The van der Waals surface area contributed by atoms with Gasteiger partial charge in [0, 0.05) is 10.9 Å². The fourth-order valence-electron chi connectivity index (χ4n) is 1.68. The molecule has 2 amide bonds. The summed E-state index contributed by atoms with van der Waals surface area (Å²) in [4.78, 5) is 34.7. The predicted molar refractivity (Wildman–Crippen MR) is 85.9 cm³/mol. The van der Waals surface area contributed by atoms with Gasteiger partial charge in [-0.3, -0.25) is 14.4 Å². The number of thiophene rings is 1. The van der Waals surface area contributed by atoms with Crippen LogP contribution in [-0.4, -0.2) is 30.9 Å². The molecule has 0 saturated carbocycles. The number of ether oxygens (including phenoxy) is 1. The molecule has 1 aromatic carbocycles. The molecule has 0 radical (unpaired) electrons. The molecule has 0 bridgehead atoms. The highest BCUT2D eigenvalue weighted by Gasteiger charge is 2.10. The fourth-order valence-corrected chi connectivity index (χ4v) is 2.31. The molecule has 0 aliphatic rings. The van der Waals surface area contributed by atoms with Crippen LogP contribution in [0.1, 0.15) is 15.9 Å². The van der Waals surface area contributed by atoms with Crippen molar-refractivity contribution in [1.29, 1.82) is 0 Å². The molecular formula is C16H16N2O4S. The van der Waals surface area contributed by atoms with Crippen molar-refractivity contribution in [2.24, 2.45) is 0 Å². The lowest BCUT2D eigenvalue weighted by atomic mass is 10.2. The van der Waals surface area contributed by atoms with Gasteiger partial charge in [0.25, 0.3) is 5.91 Å². The van der Waals surface area contributed by atoms with E-state index in [0.717, 1.165) is 5.56 Å². The second-order valence-corrected chi connectivity index (χ2v) is 5.40. The summed E-state index contributed by atoms with van der Waals surface area (Å²) < 4.78 is 5.02. The number of nitrogens with one attached hydrogen (secondary N) is 2. The van der Waals surface area contributed by atoms with E-state index in [1.807, 2.05) is 30.3 Å². The third-order valence-corrected chi connectivity index (χ3v) is 3.55. The second kappa shape index (κ2) is 8.70. The molecule has 7 heteroatoms. The van der Waals surface area contributed by atoms with Gasteiger partial charge in [0.15, 0.2) is 0 Å². The number of hydrogen-bond donors (Lipinski definition) is 2. The predicted octanol–water partition coefficient (Wildman–Crippen LogP) is 1.34. The first-order valence-electron chi connectivity index (χ1n) is 6.92. The first-order chi connectivity index (χ1) is 11.1. The Balaban J connectivity index is 1.62. The van der Waals surface area contributed by atoms with Gasteiger partial charge in [0.2, 0.25) is 5.91 Å². The summed E-state index contributed by atoms with van der Waals surface area (Å²) in [7, 11) is 0. The highest BCUT2D eigenvalue weighted by Crippen LogP contribution is 2.04. The lowest BCUT2D eigenvalue weighted by Gasteiger charge is -2.07. The average molecular weight is 332 g/mol. The lowest BCUT2D eigenvalue weighted by molar-refractivity contribution is -0.145. The van der Waals surface area contributed by atoms with E-state index in [-0.39, 0.29) is 25.6 Å². The SMILES string of the molecule is O=C(CNC(=O)c1ccsc1)NCC(=O)OCc1ccccc1. The minimum atomic E-state index is -0.536. The van der Waals surface area contributed by atoms with E-state index >= 15 is 0 Å². The first-order valence-corrected chi connectivity index (χ1v) is 7.86. The molecule has 1 heterocycles. The van der Waals surface area contributed by atoms with Crippen molar-refractivity contribution < 1.29 is 19.1 Å². The van der Waals surface area contributed by atoms with Gasteiger partial charge in [0.05, 0.1) is 6.54 Å². The molecule has 0 atom stereocenters. The number of amides is 2. The van der Waals surface area contributed by atoms with Crippen molar-refractivity contribution in [3.63, 3.8) is 0 Å². The summed E-state index contributed by atoms with van der Waals surface area (Å²) >= 11 is 1.40. The maximum Gasteiger partial charge on any atom is 0.325 e. The van der Waals surface area contributed by atoms with Crippen molar-refractivity contribution in [2.45, 2.75) is 6.61 Å². The largest absolute Gasteiger partial charge is 0.460 e. The summed E-state index contributed by atoms with van der Waals surface area (Å²) in [6.45, 7) is -0.273. The molecule has 6 nitrogen and oxygen atoms in total. The minimum absolute atomic E-state index is 0.157. The van der Waals surface area contributed by atoms with Gasteiger partial charge in [-0.05, 0) is 17.0 Å². The maximum absolute atomic E-state index is 11.6. The van der Waals surface area contributed by atoms with Gasteiger partial charge in [0.1, 0.15) is 13.2 Å². The number of hydrogen-bond acceptors (Lipinski definition) is 5. The van der Waals surface area contributed by atoms with Gasteiger partial charge in [-0.25, -0.2) is 0 Å². The molecule has 0 fully saturated rings. The van der Waals surface area contributed by atoms with Gasteiger partial charge in [-0.1, -0.05) is 30.3 Å². The minimum Gasteiger partial charge on any atom is -0.460 e. The highest BCUT2D eigenvalue weighted by molar-refractivity contribution is 7.08. The van der Waals surface area contributed by atoms with Crippen LogP contribution in [0.4, 0.5) is 0 Å². The zero-order valence-corrected chi connectivity index (χ0v) is 13.1. The highest BCUT2D eigenvalue weighted by atomic mass is 32.1. The molecule has 0 aliphatic heterocycles. The van der Waals surface area contributed by atoms with Crippen LogP contribution < -0.4 is 10.6 Å². The monoisotopic (exact) mass is 332 g/mol. The first kappa shape index (κ1) is 16.7. The topological polar surface area (TPSA) is 84.5 Å². The summed E-state index contributed by atoms with van der Waals surface area (Å²) in [5.74, 6) is -1.32. The Bertz CT molecular complexity index is 656. The molecule has 23 heavy (non-hydrogen) atoms. The fraction of sp³-hybridized carbons (Fsp3) is 0.188. The van der Waals surface area contributed by atoms with Crippen LogP contribution in [-0.2, 0) is 20.9 Å². The van der Waals surface area contributed by atoms with Crippen molar-refractivity contribution in [2.75, 3.05) is 13.1 Å². The zero-order chi connectivity index (χ0) is 16.5. The van der Waals surface area contributed by atoms with Crippen molar-refractivity contribution >= 4 is 29.1 Å². The average Bonchev–Trinajstić information content (AvgIpc) is 3.11. The van der Waals surface area contributed by atoms with E-state index in [2.05, 4.69) is 10.6 Å². The van der Waals surface area contributed by atoms with Crippen molar-refractivity contribution in [3.8, 4) is 0 Å². The van der Waals surface area contributed by atoms with E-state index in [0.29, 0.717) is 5.56 Å². The number of carbonyl (C=O) groups is 3. The Hall–Kier alpha value is -2.67. The van der Waals surface area contributed by atoms with E-state index < -0.39 is 11.9 Å². The van der Waals surface area contributed by atoms with E-state index in [1.165, 1.54) is 11.3 Å². The molecule has 0 spiro atoms. The molecular weight excluding hydrogens is 316 g/mol. The lowest BCUT2D eigenvalue weighted by Crippen LogP contribution is -2.39. The van der Waals surface area contributed by atoms with Gasteiger partial charge in [-0.15, -0.1) is 0 Å². The number of benzene rings is 1. The number of rotatable bonds is 7. The normalized spacial score (nSPS) is 9.91. The standard InChI is InChI=1S/C16H16N2O4S/c19-14(8-18-16(21)13-6-7-23-11-13)17-9-15(20)22-10-12-4-2-1-3-5-12/h1-7,11H,8-10H2,(H,17,19)(H,18,21). The quantitative estimate of drug-likeness (QED) is 0.749. The van der Waals surface area contributed by atoms with Gasteiger partial charge < -0.3 is 15.4 Å². The smallest absolute Gasteiger partial charge is 0.325 e. The molecule has 0 saturated heterocycles. The second-order valence-electron chi connectivity index (χ2n) is 4.62. The van der Waals surface area contributed by atoms with Crippen LogP contribution in [0.2, 0.25) is 0 Å². The van der Waals surface area contributed by atoms with Crippen LogP contribution >= 0.6 is 11.3 Å². The van der Waals surface area contributed by atoms with Crippen LogP contribution in [0.15, 0.2) is 47.2 Å². The third kappa shape index (κ3) is 5.91. The van der Waals surface area contributed by atoms with Crippen LogP contribution in [0.3, 0.4) is 0 Å². The third-order valence-electron chi connectivity index (χ3n) is 2.87. The van der Waals surface area contributed by atoms with E-state index in [1.54, 1.807) is 16.8 Å². The van der Waals surface area contributed by atoms with Gasteiger partial charge >= 0.3 is 5.97 Å². The van der Waals surface area contributed by atoms with Crippen molar-refractivity contribution in [1.82, 2.24) is 10.6 Å². The van der Waals surface area contributed by atoms with E-state index in [9.17, 15) is 14.4 Å². The molecule has 1 aromatic heterocycles. The Morgan fingerprint density at radius 2 is 1.78 bits per heavy atom. The molecule has 2 rings (SSSR count). The summed E-state index contributed by atoms with van der Waals surface area (Å²) in [5, 5.41) is 8.33. The van der Waals surface area contributed by atoms with Crippen LogP contribution in [0.25, 0.3) is 0 Å². The zero-order valence-electron chi connectivity index (χ0n) is 12.3. The summed E-state index contributed by atoms with van der Waals surface area (Å²) in [6.07, 6.45) is 0. The van der Waals surface area contributed by atoms with Crippen LogP contribution in [0, 0.1) is 0 Å². The summed E-state index contributed by atoms with van der Waals surface area (Å²) in [5.41, 5.74) is 1.38. The van der Waals surface area contributed by atoms with E-state index in [4.69, 9.17) is 4.74 Å².